The number of nitrogens with one attached hydrogen (secondary N) is 1. The monoisotopic (exact) mass is 340 g/mol. The van der Waals surface area contributed by atoms with Crippen LogP contribution in [0.2, 0.25) is 0 Å². The molecule has 2 aromatic carbocycles. The predicted molar refractivity (Wildman–Crippen MR) is 102 cm³/mol. The number of methoxy groups -OCH3 is 2. The molecule has 4 heteroatoms. The third kappa shape index (κ3) is 4.89. The Morgan fingerprint density at radius 3 is 2.44 bits per heavy atom. The van der Waals surface area contributed by atoms with Crippen LogP contribution in [0.5, 0.6) is 11.5 Å². The van der Waals surface area contributed by atoms with E-state index in [9.17, 15) is 0 Å². The molecule has 0 bridgehead atoms. The van der Waals surface area contributed by atoms with Gasteiger partial charge in [-0.3, -0.25) is 4.90 Å². The summed E-state index contributed by atoms with van der Waals surface area (Å²) in [7, 11) is 3.39. The van der Waals surface area contributed by atoms with Crippen molar-refractivity contribution in [2.45, 2.75) is 19.4 Å². The Balaban J connectivity index is 1.48. The molecule has 4 nitrogen and oxygen atoms in total. The minimum Gasteiger partial charge on any atom is -0.497 e. The van der Waals surface area contributed by atoms with Gasteiger partial charge in [0.05, 0.1) is 19.9 Å². The van der Waals surface area contributed by atoms with Gasteiger partial charge in [-0.25, -0.2) is 0 Å². The van der Waals surface area contributed by atoms with Gasteiger partial charge in [-0.1, -0.05) is 30.3 Å². The van der Waals surface area contributed by atoms with E-state index in [2.05, 4.69) is 40.5 Å². The second-order valence-electron chi connectivity index (χ2n) is 6.65. The molecule has 1 aliphatic heterocycles. The third-order valence-electron chi connectivity index (χ3n) is 4.94. The number of benzene rings is 2. The number of anilines is 1. The van der Waals surface area contributed by atoms with E-state index in [1.54, 1.807) is 14.2 Å². The zero-order valence-corrected chi connectivity index (χ0v) is 15.2. The minimum atomic E-state index is 0.697. The van der Waals surface area contributed by atoms with E-state index in [0.717, 1.165) is 43.4 Å². The van der Waals surface area contributed by atoms with E-state index < -0.39 is 0 Å². The minimum absolute atomic E-state index is 0.697. The summed E-state index contributed by atoms with van der Waals surface area (Å²) >= 11 is 0. The summed E-state index contributed by atoms with van der Waals surface area (Å²) in [5, 5.41) is 3.55. The van der Waals surface area contributed by atoms with Crippen LogP contribution >= 0.6 is 0 Å². The molecule has 0 amide bonds. The first-order chi connectivity index (χ1) is 12.3. The van der Waals surface area contributed by atoms with Gasteiger partial charge in [0.2, 0.25) is 0 Å². The van der Waals surface area contributed by atoms with Crippen molar-refractivity contribution < 1.29 is 9.47 Å². The van der Waals surface area contributed by atoms with Gasteiger partial charge in [-0.05, 0) is 49.5 Å². The molecule has 25 heavy (non-hydrogen) atoms. The Morgan fingerprint density at radius 2 is 1.76 bits per heavy atom. The normalized spacial score (nSPS) is 15.8. The van der Waals surface area contributed by atoms with Crippen LogP contribution < -0.4 is 14.8 Å². The highest BCUT2D eigenvalue weighted by molar-refractivity contribution is 5.59. The van der Waals surface area contributed by atoms with Crippen molar-refractivity contribution >= 4 is 5.69 Å². The van der Waals surface area contributed by atoms with Crippen molar-refractivity contribution in [3.8, 4) is 11.5 Å². The SMILES string of the molecule is COc1ccc(OC)c(NCC2CCN(Cc3ccccc3)CC2)c1. The van der Waals surface area contributed by atoms with Gasteiger partial charge in [0, 0.05) is 19.2 Å². The summed E-state index contributed by atoms with van der Waals surface area (Å²) in [6.45, 7) is 4.36. The van der Waals surface area contributed by atoms with Crippen LogP contribution in [-0.2, 0) is 6.54 Å². The van der Waals surface area contributed by atoms with Crippen molar-refractivity contribution in [3.05, 3.63) is 54.1 Å². The van der Waals surface area contributed by atoms with Gasteiger partial charge in [-0.2, -0.15) is 0 Å². The lowest BCUT2D eigenvalue weighted by Crippen LogP contribution is -2.35. The number of rotatable bonds is 7. The molecule has 3 rings (SSSR count). The lowest BCUT2D eigenvalue weighted by Gasteiger charge is -2.32. The summed E-state index contributed by atoms with van der Waals surface area (Å²) in [5.74, 6) is 2.41. The average molecular weight is 340 g/mol. The predicted octanol–water partition coefficient (Wildman–Crippen LogP) is 4.03. The molecule has 1 fully saturated rings. The second kappa shape index (κ2) is 8.77. The molecule has 2 aromatic rings. The van der Waals surface area contributed by atoms with Gasteiger partial charge in [0.15, 0.2) is 0 Å². The summed E-state index contributed by atoms with van der Waals surface area (Å²) in [4.78, 5) is 2.55. The van der Waals surface area contributed by atoms with Crippen molar-refractivity contribution in [2.24, 2.45) is 5.92 Å². The van der Waals surface area contributed by atoms with Crippen LogP contribution in [0.3, 0.4) is 0 Å². The molecule has 1 aliphatic rings. The fourth-order valence-electron chi connectivity index (χ4n) is 3.40. The van der Waals surface area contributed by atoms with E-state index in [4.69, 9.17) is 9.47 Å². The lowest BCUT2D eigenvalue weighted by molar-refractivity contribution is 0.182. The van der Waals surface area contributed by atoms with Crippen LogP contribution in [0.4, 0.5) is 5.69 Å². The largest absolute Gasteiger partial charge is 0.497 e. The van der Waals surface area contributed by atoms with Crippen molar-refractivity contribution in [1.82, 2.24) is 4.90 Å². The van der Waals surface area contributed by atoms with Crippen LogP contribution in [0.25, 0.3) is 0 Å². The lowest BCUT2D eigenvalue weighted by atomic mass is 9.96. The van der Waals surface area contributed by atoms with Crippen molar-refractivity contribution in [1.29, 1.82) is 0 Å². The Bertz CT molecular complexity index is 652. The molecule has 0 aliphatic carbocycles. The molecule has 0 atom stereocenters. The maximum absolute atomic E-state index is 5.44. The summed E-state index contributed by atoms with van der Waals surface area (Å²) in [6.07, 6.45) is 2.46. The molecule has 0 radical (unpaired) electrons. The van der Waals surface area contributed by atoms with E-state index in [0.29, 0.717) is 5.92 Å². The number of hydrogen-bond donors (Lipinski definition) is 1. The van der Waals surface area contributed by atoms with Gasteiger partial charge in [0.25, 0.3) is 0 Å². The molecular formula is C21H28N2O2. The number of piperidine rings is 1. The van der Waals surface area contributed by atoms with Crippen LogP contribution in [-0.4, -0.2) is 38.8 Å². The first-order valence-corrected chi connectivity index (χ1v) is 9.00. The van der Waals surface area contributed by atoms with E-state index in [1.807, 2.05) is 18.2 Å². The van der Waals surface area contributed by atoms with Crippen molar-refractivity contribution in [2.75, 3.05) is 39.2 Å². The number of hydrogen-bond acceptors (Lipinski definition) is 4. The molecule has 134 valence electrons. The summed E-state index contributed by atoms with van der Waals surface area (Å²) in [6, 6.07) is 16.6. The van der Waals surface area contributed by atoms with Crippen LogP contribution in [0, 0.1) is 5.92 Å². The summed E-state index contributed by atoms with van der Waals surface area (Å²) < 4.78 is 10.8. The Morgan fingerprint density at radius 1 is 1.00 bits per heavy atom. The molecule has 0 spiro atoms. The number of likely N-dealkylation sites (tertiary alicyclic amines) is 1. The average Bonchev–Trinajstić information content (AvgIpc) is 2.68. The molecule has 0 saturated carbocycles. The molecule has 0 aromatic heterocycles. The summed E-state index contributed by atoms with van der Waals surface area (Å²) in [5.41, 5.74) is 2.41. The quantitative estimate of drug-likeness (QED) is 0.825. The zero-order chi connectivity index (χ0) is 17.5. The van der Waals surface area contributed by atoms with Gasteiger partial charge in [-0.15, -0.1) is 0 Å². The fraction of sp³-hybridized carbons (Fsp3) is 0.429. The van der Waals surface area contributed by atoms with E-state index in [-0.39, 0.29) is 0 Å². The smallest absolute Gasteiger partial charge is 0.142 e. The molecule has 1 heterocycles. The van der Waals surface area contributed by atoms with E-state index >= 15 is 0 Å². The highest BCUT2D eigenvalue weighted by Gasteiger charge is 2.19. The maximum atomic E-state index is 5.44. The molecule has 1 N–H and O–H groups in total. The fourth-order valence-corrected chi connectivity index (χ4v) is 3.40. The van der Waals surface area contributed by atoms with Crippen LogP contribution in [0.15, 0.2) is 48.5 Å². The molecular weight excluding hydrogens is 312 g/mol. The zero-order valence-electron chi connectivity index (χ0n) is 15.2. The van der Waals surface area contributed by atoms with Gasteiger partial charge < -0.3 is 14.8 Å². The van der Waals surface area contributed by atoms with Crippen LogP contribution in [0.1, 0.15) is 18.4 Å². The Labute approximate surface area is 150 Å². The molecule has 0 unspecified atom stereocenters. The first kappa shape index (κ1) is 17.6. The highest BCUT2D eigenvalue weighted by Crippen LogP contribution is 2.30. The maximum Gasteiger partial charge on any atom is 0.142 e. The molecule has 1 saturated heterocycles. The third-order valence-corrected chi connectivity index (χ3v) is 4.94. The second-order valence-corrected chi connectivity index (χ2v) is 6.65. The van der Waals surface area contributed by atoms with Gasteiger partial charge >= 0.3 is 0 Å². The standard InChI is InChI=1S/C21H28N2O2/c1-24-19-8-9-21(25-2)20(14-19)22-15-17-10-12-23(13-11-17)16-18-6-4-3-5-7-18/h3-9,14,17,22H,10-13,15-16H2,1-2H3. The van der Waals surface area contributed by atoms with Gasteiger partial charge in [0.1, 0.15) is 11.5 Å². The Kier molecular flexibility index (Phi) is 6.18. The van der Waals surface area contributed by atoms with Crippen molar-refractivity contribution in [3.63, 3.8) is 0 Å². The Hall–Kier alpha value is -2.20. The van der Waals surface area contributed by atoms with E-state index in [1.165, 1.54) is 18.4 Å². The highest BCUT2D eigenvalue weighted by atomic mass is 16.5. The number of ether oxygens (including phenoxy) is 2. The topological polar surface area (TPSA) is 33.7 Å². The number of nitrogens with zero attached hydrogens (tertiary/aromatic N) is 1. The first-order valence-electron chi connectivity index (χ1n) is 9.00.